The number of ketones is 2. The molecule has 56 heavy (non-hydrogen) atoms. The summed E-state index contributed by atoms with van der Waals surface area (Å²) in [5.74, 6) is 3.39. The molecule has 10 heteroatoms. The minimum absolute atomic E-state index is 0.00344. The number of benzene rings is 2. The van der Waals surface area contributed by atoms with Crippen LogP contribution in [0.15, 0.2) is 47.7 Å². The number of anilines is 2. The number of carbonyl (C=O) groups excluding carboxylic acids is 2. The lowest BCUT2D eigenvalue weighted by molar-refractivity contribution is -0.145. The maximum atomic E-state index is 14.7. The molecule has 6 aliphatic rings. The monoisotopic (exact) mass is 762 g/mol. The van der Waals surface area contributed by atoms with E-state index >= 15 is 0 Å². The van der Waals surface area contributed by atoms with Gasteiger partial charge in [0.05, 0.1) is 23.8 Å². The first-order valence-corrected chi connectivity index (χ1v) is 21.6. The van der Waals surface area contributed by atoms with Gasteiger partial charge in [0.25, 0.3) is 0 Å². The molecule has 9 nitrogen and oxygen atoms in total. The number of unbranched alkanes of at least 4 members (excludes halogenated alkanes) is 4. The molecule has 2 aliphatic heterocycles. The van der Waals surface area contributed by atoms with Gasteiger partial charge in [-0.05, 0) is 122 Å². The van der Waals surface area contributed by atoms with Gasteiger partial charge < -0.3 is 15.4 Å². The molecule has 4 fully saturated rings. The van der Waals surface area contributed by atoms with Crippen LogP contribution in [0.1, 0.15) is 143 Å². The number of nitrogens with zero attached hydrogens (tertiary/aromatic N) is 4. The third-order valence-electron chi connectivity index (χ3n) is 15.7. The first kappa shape index (κ1) is 37.6. The predicted octanol–water partition coefficient (Wildman–Crippen LogP) is 9.25. The quantitative estimate of drug-likeness (QED) is 0.177. The fourth-order valence-electron chi connectivity index (χ4n) is 12.6. The van der Waals surface area contributed by atoms with Crippen LogP contribution in [0.4, 0.5) is 15.8 Å². The summed E-state index contributed by atoms with van der Waals surface area (Å²) in [6, 6.07) is 10.9. The zero-order valence-corrected chi connectivity index (χ0v) is 33.5. The second-order valence-electron chi connectivity index (χ2n) is 18.5. The van der Waals surface area contributed by atoms with Gasteiger partial charge in [-0.3, -0.25) is 19.3 Å². The highest BCUT2D eigenvalue weighted by atomic mass is 19.1. The molecule has 2 N–H and O–H groups in total. The van der Waals surface area contributed by atoms with Gasteiger partial charge in [-0.15, -0.1) is 0 Å². The van der Waals surface area contributed by atoms with Gasteiger partial charge in [-0.1, -0.05) is 45.2 Å². The van der Waals surface area contributed by atoms with E-state index in [0.29, 0.717) is 45.4 Å². The predicted molar refractivity (Wildman–Crippen MR) is 217 cm³/mol. The van der Waals surface area contributed by atoms with Gasteiger partial charge in [-0.2, -0.15) is 5.10 Å². The highest BCUT2D eigenvalue weighted by Crippen LogP contribution is 2.66. The second-order valence-corrected chi connectivity index (χ2v) is 18.5. The van der Waals surface area contributed by atoms with Crippen molar-refractivity contribution in [2.24, 2.45) is 46.5 Å². The van der Waals surface area contributed by atoms with Crippen LogP contribution in [-0.2, 0) is 16.6 Å². The molecule has 3 heterocycles. The molecule has 0 saturated heterocycles. The topological polar surface area (TPSA) is 110 Å². The van der Waals surface area contributed by atoms with E-state index in [1.54, 1.807) is 4.68 Å². The SMILES string of the molecule is Cn1ncnc1C1C2=NCC(=O)c3cc(F)cc(c32)N[C@@H]1c1ccc(NCCCCCCCOC2CC[C@H]3[C@@H]4CC[C@H]5CC(=O)CC[C@]5(C)[C@H]4CC[C@]23C)cc1. The van der Waals surface area contributed by atoms with Crippen LogP contribution in [0.25, 0.3) is 0 Å². The van der Waals surface area contributed by atoms with Crippen LogP contribution in [0.5, 0.6) is 0 Å². The van der Waals surface area contributed by atoms with Crippen LogP contribution in [-0.4, -0.2) is 57.8 Å². The fourth-order valence-corrected chi connectivity index (χ4v) is 12.6. The fraction of sp³-hybridized carbons (Fsp3) is 0.630. The van der Waals surface area contributed by atoms with Gasteiger partial charge in [-0.25, -0.2) is 9.37 Å². The Morgan fingerprint density at radius 2 is 1.75 bits per heavy atom. The summed E-state index contributed by atoms with van der Waals surface area (Å²) in [5.41, 5.74) is 5.17. The molecule has 4 saturated carbocycles. The summed E-state index contributed by atoms with van der Waals surface area (Å²) in [6.45, 7) is 6.90. The third-order valence-corrected chi connectivity index (χ3v) is 15.7. The number of aryl methyl sites for hydroxylation is 1. The zero-order chi connectivity index (χ0) is 38.6. The molecule has 4 aliphatic carbocycles. The van der Waals surface area contributed by atoms with E-state index in [-0.39, 0.29) is 24.3 Å². The van der Waals surface area contributed by atoms with Crippen molar-refractivity contribution in [3.63, 3.8) is 0 Å². The number of Topliss-reactive ketones (excluding diaryl/α,β-unsaturated/α-hetero) is 2. The van der Waals surface area contributed by atoms with E-state index < -0.39 is 5.82 Å². The Bertz CT molecular complexity index is 1990. The van der Waals surface area contributed by atoms with Gasteiger partial charge in [0.2, 0.25) is 0 Å². The molecule has 298 valence electrons. The van der Waals surface area contributed by atoms with Crippen molar-refractivity contribution in [2.45, 2.75) is 122 Å². The van der Waals surface area contributed by atoms with E-state index in [2.05, 4.69) is 58.8 Å². The van der Waals surface area contributed by atoms with Crippen molar-refractivity contribution in [3.8, 4) is 0 Å². The number of rotatable bonds is 12. The van der Waals surface area contributed by atoms with Gasteiger partial charge in [0, 0.05) is 55.5 Å². The van der Waals surface area contributed by atoms with Crippen molar-refractivity contribution in [2.75, 3.05) is 30.3 Å². The zero-order valence-electron chi connectivity index (χ0n) is 33.5. The summed E-state index contributed by atoms with van der Waals surface area (Å²) in [7, 11) is 1.86. The number of hydrogen-bond donors (Lipinski definition) is 2. The lowest BCUT2D eigenvalue weighted by Gasteiger charge is -2.60. The number of ether oxygens (including phenoxy) is 1. The smallest absolute Gasteiger partial charge is 0.185 e. The Morgan fingerprint density at radius 1 is 0.946 bits per heavy atom. The molecular weight excluding hydrogens is 704 g/mol. The maximum absolute atomic E-state index is 14.7. The molecule has 0 amide bonds. The largest absolute Gasteiger partial charge is 0.385 e. The summed E-state index contributed by atoms with van der Waals surface area (Å²) in [6.07, 6.45) is 18.4. The Morgan fingerprint density at radius 3 is 2.57 bits per heavy atom. The Labute approximate surface area is 331 Å². The number of halogens is 1. The normalized spacial score (nSPS) is 33.1. The Kier molecular flexibility index (Phi) is 10.2. The van der Waals surface area contributed by atoms with Crippen LogP contribution in [0, 0.1) is 40.3 Å². The van der Waals surface area contributed by atoms with Gasteiger partial charge >= 0.3 is 0 Å². The first-order chi connectivity index (χ1) is 27.1. The van der Waals surface area contributed by atoms with Crippen LogP contribution < -0.4 is 10.6 Å². The molecule has 2 aromatic carbocycles. The van der Waals surface area contributed by atoms with Crippen molar-refractivity contribution < 1.29 is 18.7 Å². The standard InChI is InChI=1S/C46H59FN6O3/c1-45-19-17-32(54)23-29(45)11-14-33-35-15-16-39(46(35,2)20-18-36(33)45)56-22-8-6-4-5-7-21-48-31-12-9-28(10-13-31)42-41(44-50-27-51-53(44)3)43-40-34(38(55)26-49-43)24-30(47)25-37(40)52-42/h9-10,12-13,24-25,27,29,33,35-36,39,41-42,48,52H,4-8,11,14-23,26H2,1-3H3/t29-,33-,35-,36-,39?,41?,42+,45-,46-/m0/s1. The first-order valence-electron chi connectivity index (χ1n) is 21.6. The van der Waals surface area contributed by atoms with Gasteiger partial charge in [0.1, 0.15) is 30.3 Å². The molecule has 0 spiro atoms. The molecule has 2 unspecified atom stereocenters. The second kappa shape index (κ2) is 15.1. The van der Waals surface area contributed by atoms with Crippen molar-refractivity contribution in [3.05, 3.63) is 71.1 Å². The minimum atomic E-state index is -0.439. The summed E-state index contributed by atoms with van der Waals surface area (Å²) in [5, 5.41) is 11.5. The average molecular weight is 763 g/mol. The third kappa shape index (κ3) is 6.61. The molecule has 9 atom stereocenters. The maximum Gasteiger partial charge on any atom is 0.185 e. The molecule has 0 radical (unpaired) electrons. The number of fused-ring (bicyclic) bond motifs is 5. The molecule has 1 aromatic heterocycles. The van der Waals surface area contributed by atoms with E-state index in [1.807, 2.05) is 7.05 Å². The highest BCUT2D eigenvalue weighted by molar-refractivity contribution is 6.21. The van der Waals surface area contributed by atoms with E-state index in [9.17, 15) is 14.0 Å². The highest BCUT2D eigenvalue weighted by Gasteiger charge is 2.60. The van der Waals surface area contributed by atoms with Crippen LogP contribution >= 0.6 is 0 Å². The van der Waals surface area contributed by atoms with Gasteiger partial charge in [0.15, 0.2) is 5.78 Å². The number of carbonyl (C=O) groups is 2. The average Bonchev–Trinajstić information content (AvgIpc) is 3.77. The van der Waals surface area contributed by atoms with Crippen molar-refractivity contribution in [1.82, 2.24) is 14.8 Å². The number of aromatic nitrogens is 3. The Balaban J connectivity index is 0.726. The summed E-state index contributed by atoms with van der Waals surface area (Å²) in [4.78, 5) is 34.3. The lowest BCUT2D eigenvalue weighted by atomic mass is 9.45. The Hall–Kier alpha value is -3.92. The van der Waals surface area contributed by atoms with E-state index in [4.69, 9.17) is 9.73 Å². The molecule has 9 rings (SSSR count). The molecule has 3 aromatic rings. The van der Waals surface area contributed by atoms with Crippen LogP contribution in [0.2, 0.25) is 0 Å². The summed E-state index contributed by atoms with van der Waals surface area (Å²) < 4.78 is 23.1. The molecular formula is C46H59FN6O3. The summed E-state index contributed by atoms with van der Waals surface area (Å²) >= 11 is 0. The van der Waals surface area contributed by atoms with Crippen molar-refractivity contribution in [1.29, 1.82) is 0 Å². The molecule has 0 bridgehead atoms. The lowest BCUT2D eigenvalue weighted by Crippen LogP contribution is -2.54. The van der Waals surface area contributed by atoms with Crippen LogP contribution in [0.3, 0.4) is 0 Å². The van der Waals surface area contributed by atoms with Crippen molar-refractivity contribution >= 4 is 28.7 Å². The number of aliphatic imine (C=N–C) groups is 1. The number of hydrogen-bond acceptors (Lipinski definition) is 8. The number of nitrogens with one attached hydrogen (secondary N) is 2. The van der Waals surface area contributed by atoms with E-state index in [1.165, 1.54) is 76.2 Å². The minimum Gasteiger partial charge on any atom is -0.385 e. The van der Waals surface area contributed by atoms with E-state index in [0.717, 1.165) is 85.8 Å².